The highest BCUT2D eigenvalue weighted by atomic mass is 79.9. The van der Waals surface area contributed by atoms with Gasteiger partial charge in [-0.25, -0.2) is 0 Å². The van der Waals surface area contributed by atoms with Crippen molar-refractivity contribution in [1.29, 1.82) is 0 Å². The maximum absolute atomic E-state index is 5.77. The molecule has 1 aromatic carbocycles. The minimum absolute atomic E-state index is 0.456. The van der Waals surface area contributed by atoms with Gasteiger partial charge in [-0.3, -0.25) is 0 Å². The molecular weight excluding hydrogens is 378 g/mol. The number of tetrazole rings is 1. The van der Waals surface area contributed by atoms with E-state index in [0.29, 0.717) is 19.1 Å². The summed E-state index contributed by atoms with van der Waals surface area (Å²) in [5.41, 5.74) is 1.01. The van der Waals surface area contributed by atoms with Gasteiger partial charge >= 0.3 is 0 Å². The van der Waals surface area contributed by atoms with Crippen LogP contribution in [0.15, 0.2) is 21.1 Å². The number of aromatic amines is 1. The van der Waals surface area contributed by atoms with E-state index in [0.717, 1.165) is 26.7 Å². The van der Waals surface area contributed by atoms with E-state index in [4.69, 9.17) is 4.74 Å². The Labute approximate surface area is 127 Å². The summed E-state index contributed by atoms with van der Waals surface area (Å²) in [4.78, 5) is 0. The highest BCUT2D eigenvalue weighted by molar-refractivity contribution is 9.11. The molecule has 0 radical (unpaired) electrons. The predicted octanol–water partition coefficient (Wildman–Crippen LogP) is 3.13. The summed E-state index contributed by atoms with van der Waals surface area (Å²) in [6.07, 6.45) is 0.959. The third-order valence-electron chi connectivity index (χ3n) is 2.32. The van der Waals surface area contributed by atoms with Crippen LogP contribution in [-0.4, -0.2) is 27.2 Å². The summed E-state index contributed by atoms with van der Waals surface area (Å²) < 4.78 is 7.67. The van der Waals surface area contributed by atoms with Crippen molar-refractivity contribution in [3.8, 4) is 5.75 Å². The molecule has 19 heavy (non-hydrogen) atoms. The van der Waals surface area contributed by atoms with Crippen molar-refractivity contribution in [3.05, 3.63) is 26.6 Å². The Morgan fingerprint density at radius 1 is 1.37 bits per heavy atom. The fourth-order valence-corrected chi connectivity index (χ4v) is 2.95. The molecular formula is C11H13Br2N5O. The van der Waals surface area contributed by atoms with Gasteiger partial charge in [-0.1, -0.05) is 28.0 Å². The molecule has 8 heteroatoms. The molecule has 2 aromatic rings. The zero-order chi connectivity index (χ0) is 13.7. The monoisotopic (exact) mass is 389 g/mol. The molecule has 0 saturated carbocycles. The van der Waals surface area contributed by atoms with Gasteiger partial charge in [-0.05, 0) is 39.7 Å². The summed E-state index contributed by atoms with van der Waals surface area (Å²) in [7, 11) is 0. The van der Waals surface area contributed by atoms with Gasteiger partial charge in [-0.2, -0.15) is 5.21 Å². The van der Waals surface area contributed by atoms with Crippen LogP contribution in [0.25, 0.3) is 0 Å². The number of hydrogen-bond donors (Lipinski definition) is 2. The van der Waals surface area contributed by atoms with E-state index in [2.05, 4.69) is 64.7 Å². The molecule has 2 rings (SSSR count). The van der Waals surface area contributed by atoms with Gasteiger partial charge in [0.25, 0.3) is 5.95 Å². The molecule has 0 fully saturated rings. The number of aromatic nitrogens is 4. The first-order valence-corrected chi connectivity index (χ1v) is 7.37. The highest BCUT2D eigenvalue weighted by Crippen LogP contribution is 2.33. The van der Waals surface area contributed by atoms with E-state index >= 15 is 0 Å². The molecule has 0 aliphatic heterocycles. The molecule has 0 bridgehead atoms. The van der Waals surface area contributed by atoms with Crippen LogP contribution in [0.1, 0.15) is 18.9 Å². The summed E-state index contributed by atoms with van der Waals surface area (Å²) in [5, 5.41) is 16.7. The summed E-state index contributed by atoms with van der Waals surface area (Å²) >= 11 is 6.99. The number of halogens is 2. The highest BCUT2D eigenvalue weighted by Gasteiger charge is 2.11. The van der Waals surface area contributed by atoms with Gasteiger partial charge in [0.15, 0.2) is 0 Å². The van der Waals surface area contributed by atoms with Crippen LogP contribution in [0.5, 0.6) is 5.75 Å². The van der Waals surface area contributed by atoms with Crippen molar-refractivity contribution in [2.24, 2.45) is 0 Å². The molecule has 0 unspecified atom stereocenters. The Bertz CT molecular complexity index is 532. The lowest BCUT2D eigenvalue weighted by molar-refractivity contribution is 0.312. The lowest BCUT2D eigenvalue weighted by Crippen LogP contribution is -2.06. The topological polar surface area (TPSA) is 75.7 Å². The Hall–Kier alpha value is -1.15. The smallest absolute Gasteiger partial charge is 0.263 e. The summed E-state index contributed by atoms with van der Waals surface area (Å²) in [5.74, 6) is 1.29. The molecule has 1 heterocycles. The zero-order valence-electron chi connectivity index (χ0n) is 10.3. The lowest BCUT2D eigenvalue weighted by atomic mass is 10.2. The number of rotatable bonds is 6. The molecule has 6 nitrogen and oxygen atoms in total. The predicted molar refractivity (Wildman–Crippen MR) is 79.1 cm³/mol. The maximum Gasteiger partial charge on any atom is 0.263 e. The number of nitrogens with one attached hydrogen (secondary N) is 2. The molecule has 0 amide bonds. The fraction of sp³-hybridized carbons (Fsp3) is 0.364. The van der Waals surface area contributed by atoms with Crippen LogP contribution in [0.2, 0.25) is 0 Å². The largest absolute Gasteiger partial charge is 0.492 e. The van der Waals surface area contributed by atoms with Crippen LogP contribution >= 0.6 is 31.9 Å². The zero-order valence-corrected chi connectivity index (χ0v) is 13.5. The van der Waals surface area contributed by atoms with Gasteiger partial charge in [0, 0.05) is 16.6 Å². The van der Waals surface area contributed by atoms with Crippen molar-refractivity contribution < 1.29 is 4.74 Å². The number of hydrogen-bond acceptors (Lipinski definition) is 5. The molecule has 0 aliphatic carbocycles. The van der Waals surface area contributed by atoms with Crippen molar-refractivity contribution in [1.82, 2.24) is 20.6 Å². The second kappa shape index (κ2) is 6.85. The average Bonchev–Trinajstić information content (AvgIpc) is 2.88. The normalized spacial score (nSPS) is 10.5. The van der Waals surface area contributed by atoms with Crippen LogP contribution in [0.3, 0.4) is 0 Å². The standard InChI is InChI=1S/C11H13Br2N5O/c1-2-3-19-10-7(4-8(12)5-9(10)13)6-14-11-15-17-18-16-11/h4-5H,2-3,6H2,1H3,(H2,14,15,16,17,18). The van der Waals surface area contributed by atoms with Gasteiger partial charge < -0.3 is 10.1 Å². The Morgan fingerprint density at radius 3 is 2.89 bits per heavy atom. The molecule has 102 valence electrons. The number of nitrogens with zero attached hydrogens (tertiary/aromatic N) is 3. The van der Waals surface area contributed by atoms with Gasteiger partial charge in [0.1, 0.15) is 5.75 Å². The first-order valence-electron chi connectivity index (χ1n) is 5.78. The number of benzene rings is 1. The molecule has 2 N–H and O–H groups in total. The van der Waals surface area contributed by atoms with E-state index < -0.39 is 0 Å². The quantitative estimate of drug-likeness (QED) is 0.792. The second-order valence-corrected chi connectivity index (χ2v) is 5.58. The van der Waals surface area contributed by atoms with Gasteiger partial charge in [-0.15, -0.1) is 5.10 Å². The average molecular weight is 391 g/mol. The number of ether oxygens (including phenoxy) is 1. The third-order valence-corrected chi connectivity index (χ3v) is 3.36. The van der Waals surface area contributed by atoms with Crippen LogP contribution in [0, 0.1) is 0 Å². The van der Waals surface area contributed by atoms with Crippen LogP contribution < -0.4 is 10.1 Å². The Balaban J connectivity index is 2.16. The van der Waals surface area contributed by atoms with Crippen LogP contribution in [-0.2, 0) is 6.54 Å². The first kappa shape index (κ1) is 14.3. The second-order valence-electron chi connectivity index (χ2n) is 3.81. The Morgan fingerprint density at radius 2 is 2.21 bits per heavy atom. The first-order chi connectivity index (χ1) is 9.20. The van der Waals surface area contributed by atoms with Crippen molar-refractivity contribution in [2.75, 3.05) is 11.9 Å². The molecule has 0 spiro atoms. The van der Waals surface area contributed by atoms with Crippen molar-refractivity contribution in [3.63, 3.8) is 0 Å². The minimum Gasteiger partial charge on any atom is -0.492 e. The van der Waals surface area contributed by atoms with E-state index in [9.17, 15) is 0 Å². The van der Waals surface area contributed by atoms with E-state index in [1.165, 1.54) is 0 Å². The minimum atomic E-state index is 0.456. The Kier molecular flexibility index (Phi) is 5.15. The van der Waals surface area contributed by atoms with Crippen molar-refractivity contribution in [2.45, 2.75) is 19.9 Å². The maximum atomic E-state index is 5.77. The third kappa shape index (κ3) is 3.90. The van der Waals surface area contributed by atoms with Gasteiger partial charge in [0.2, 0.25) is 0 Å². The molecule has 0 aliphatic rings. The molecule has 0 atom stereocenters. The summed E-state index contributed by atoms with van der Waals surface area (Å²) in [6.45, 7) is 3.30. The van der Waals surface area contributed by atoms with Crippen LogP contribution in [0.4, 0.5) is 5.95 Å². The fourth-order valence-electron chi connectivity index (χ4n) is 1.52. The van der Waals surface area contributed by atoms with E-state index in [1.807, 2.05) is 12.1 Å². The number of H-pyrrole nitrogens is 1. The lowest BCUT2D eigenvalue weighted by Gasteiger charge is -2.13. The number of anilines is 1. The molecule has 1 aromatic heterocycles. The van der Waals surface area contributed by atoms with Crippen molar-refractivity contribution >= 4 is 37.8 Å². The molecule has 0 saturated heterocycles. The van der Waals surface area contributed by atoms with E-state index in [1.54, 1.807) is 0 Å². The van der Waals surface area contributed by atoms with E-state index in [-0.39, 0.29) is 0 Å². The SMILES string of the molecule is CCCOc1c(Br)cc(Br)cc1CNc1nn[nH]n1. The van der Waals surface area contributed by atoms with Gasteiger partial charge in [0.05, 0.1) is 11.1 Å². The summed E-state index contributed by atoms with van der Waals surface area (Å²) in [6, 6.07) is 3.96.